The molecule has 0 aliphatic carbocycles. The molecule has 2 N–H and O–H groups in total. The fourth-order valence-corrected chi connectivity index (χ4v) is 2.19. The van der Waals surface area contributed by atoms with Gasteiger partial charge in [-0.05, 0) is 37.0 Å². The highest BCUT2D eigenvalue weighted by Gasteiger charge is 2.14. The van der Waals surface area contributed by atoms with Gasteiger partial charge in [0, 0.05) is 13.1 Å². The number of nitrogens with zero attached hydrogens (tertiary/aromatic N) is 3. The third-order valence-electron chi connectivity index (χ3n) is 3.36. The molecule has 0 amide bonds. The minimum Gasteiger partial charge on any atom is -0.487 e. The molecular weight excluding hydrogens is 264 g/mol. The van der Waals surface area contributed by atoms with Crippen LogP contribution in [0.15, 0.2) is 18.2 Å². The largest absolute Gasteiger partial charge is 0.487 e. The van der Waals surface area contributed by atoms with Gasteiger partial charge in [-0.2, -0.15) is 0 Å². The molecule has 1 heterocycles. The lowest BCUT2D eigenvalue weighted by molar-refractivity contribution is 0.284. The summed E-state index contributed by atoms with van der Waals surface area (Å²) in [6, 6.07) is 6.20. The minimum atomic E-state index is 0.379. The summed E-state index contributed by atoms with van der Waals surface area (Å²) in [6.07, 6.45) is 0. The van der Waals surface area contributed by atoms with Crippen molar-refractivity contribution in [3.8, 4) is 5.75 Å². The van der Waals surface area contributed by atoms with Crippen LogP contribution in [0.3, 0.4) is 0 Å². The van der Waals surface area contributed by atoms with Crippen molar-refractivity contribution >= 4 is 0 Å². The zero-order chi connectivity index (χ0) is 15.4. The molecule has 5 nitrogen and oxygen atoms in total. The molecule has 0 radical (unpaired) electrons. The molecule has 0 bridgehead atoms. The number of rotatable bonds is 6. The molecule has 0 spiro atoms. The van der Waals surface area contributed by atoms with Crippen LogP contribution in [0.4, 0.5) is 0 Å². The van der Waals surface area contributed by atoms with E-state index in [1.807, 2.05) is 17.7 Å². The van der Waals surface area contributed by atoms with Crippen LogP contribution in [-0.4, -0.2) is 15.0 Å². The fraction of sp³-hybridized carbons (Fsp3) is 0.500. The molecule has 21 heavy (non-hydrogen) atoms. The summed E-state index contributed by atoms with van der Waals surface area (Å²) in [5, 5.41) is 8.33. The van der Waals surface area contributed by atoms with E-state index in [1.165, 1.54) is 5.56 Å². The third-order valence-corrected chi connectivity index (χ3v) is 3.36. The molecule has 2 aromatic rings. The fourth-order valence-electron chi connectivity index (χ4n) is 2.19. The standard InChI is InChI=1S/C16H24N4O/c1-11(2)9-20-15(14(8-17)18-19-20)10-21-16-7-12(3)5-6-13(16)4/h5-7,11H,8-10,17H2,1-4H3. The molecule has 0 unspecified atom stereocenters. The van der Waals surface area contributed by atoms with E-state index in [2.05, 4.69) is 43.2 Å². The van der Waals surface area contributed by atoms with Crippen molar-refractivity contribution in [3.63, 3.8) is 0 Å². The average molecular weight is 288 g/mol. The van der Waals surface area contributed by atoms with Gasteiger partial charge in [0.2, 0.25) is 0 Å². The second-order valence-corrected chi connectivity index (χ2v) is 5.82. The first-order chi connectivity index (χ1) is 10.0. The Hall–Kier alpha value is -1.88. The van der Waals surface area contributed by atoms with Gasteiger partial charge < -0.3 is 10.5 Å². The van der Waals surface area contributed by atoms with Crippen LogP contribution < -0.4 is 10.5 Å². The smallest absolute Gasteiger partial charge is 0.132 e. The maximum atomic E-state index is 5.97. The van der Waals surface area contributed by atoms with E-state index in [0.29, 0.717) is 19.1 Å². The van der Waals surface area contributed by atoms with Gasteiger partial charge in [-0.3, -0.25) is 0 Å². The molecule has 0 saturated heterocycles. The summed E-state index contributed by atoms with van der Waals surface area (Å²) >= 11 is 0. The predicted molar refractivity (Wildman–Crippen MR) is 83.0 cm³/mol. The van der Waals surface area contributed by atoms with E-state index in [0.717, 1.165) is 29.2 Å². The maximum absolute atomic E-state index is 5.97. The van der Waals surface area contributed by atoms with E-state index in [4.69, 9.17) is 10.5 Å². The highest BCUT2D eigenvalue weighted by molar-refractivity contribution is 5.36. The Kier molecular flexibility index (Phi) is 4.96. The minimum absolute atomic E-state index is 0.379. The van der Waals surface area contributed by atoms with E-state index < -0.39 is 0 Å². The third kappa shape index (κ3) is 3.82. The molecule has 1 aromatic heterocycles. The lowest BCUT2D eigenvalue weighted by Gasteiger charge is -2.13. The van der Waals surface area contributed by atoms with Gasteiger partial charge in [-0.1, -0.05) is 31.2 Å². The van der Waals surface area contributed by atoms with Gasteiger partial charge in [-0.25, -0.2) is 4.68 Å². The van der Waals surface area contributed by atoms with Gasteiger partial charge in [0.25, 0.3) is 0 Å². The van der Waals surface area contributed by atoms with Crippen LogP contribution in [0.1, 0.15) is 36.4 Å². The van der Waals surface area contributed by atoms with Gasteiger partial charge in [0.15, 0.2) is 0 Å². The number of aromatic nitrogens is 3. The summed E-state index contributed by atoms with van der Waals surface area (Å²) in [5.74, 6) is 1.40. The summed E-state index contributed by atoms with van der Waals surface area (Å²) in [6.45, 7) is 10.0. The Morgan fingerprint density at radius 1 is 1.29 bits per heavy atom. The lowest BCUT2D eigenvalue weighted by atomic mass is 10.1. The Labute approximate surface area is 126 Å². The van der Waals surface area contributed by atoms with Crippen molar-refractivity contribution < 1.29 is 4.74 Å². The summed E-state index contributed by atoms with van der Waals surface area (Å²) < 4.78 is 7.87. The quantitative estimate of drug-likeness (QED) is 0.887. The molecule has 0 atom stereocenters. The zero-order valence-electron chi connectivity index (χ0n) is 13.3. The van der Waals surface area contributed by atoms with E-state index in [-0.39, 0.29) is 0 Å². The molecular formula is C16H24N4O. The zero-order valence-corrected chi connectivity index (χ0v) is 13.3. The van der Waals surface area contributed by atoms with Crippen molar-refractivity contribution in [3.05, 3.63) is 40.7 Å². The summed E-state index contributed by atoms with van der Waals surface area (Å²) in [4.78, 5) is 0. The molecule has 0 saturated carbocycles. The van der Waals surface area contributed by atoms with Crippen molar-refractivity contribution in [2.45, 2.75) is 47.4 Å². The first kappa shape index (κ1) is 15.5. The van der Waals surface area contributed by atoms with Crippen LogP contribution in [0, 0.1) is 19.8 Å². The monoisotopic (exact) mass is 288 g/mol. The van der Waals surface area contributed by atoms with Gasteiger partial charge >= 0.3 is 0 Å². The van der Waals surface area contributed by atoms with Gasteiger partial charge in [0.1, 0.15) is 23.7 Å². The second-order valence-electron chi connectivity index (χ2n) is 5.82. The van der Waals surface area contributed by atoms with E-state index in [9.17, 15) is 0 Å². The summed E-state index contributed by atoms with van der Waals surface area (Å²) in [7, 11) is 0. The number of hydrogen-bond acceptors (Lipinski definition) is 4. The van der Waals surface area contributed by atoms with Crippen LogP contribution in [0.25, 0.3) is 0 Å². The van der Waals surface area contributed by atoms with Crippen LogP contribution in [-0.2, 0) is 19.7 Å². The Bertz CT molecular complexity index is 604. The van der Waals surface area contributed by atoms with Crippen molar-refractivity contribution in [2.75, 3.05) is 0 Å². The van der Waals surface area contributed by atoms with Crippen LogP contribution in [0.2, 0.25) is 0 Å². The number of ether oxygens (including phenoxy) is 1. The highest BCUT2D eigenvalue weighted by Crippen LogP contribution is 2.21. The average Bonchev–Trinajstić information content (AvgIpc) is 2.81. The number of benzene rings is 1. The molecule has 114 valence electrons. The second kappa shape index (κ2) is 6.72. The molecule has 0 fully saturated rings. The van der Waals surface area contributed by atoms with Crippen molar-refractivity contribution in [2.24, 2.45) is 11.7 Å². The van der Waals surface area contributed by atoms with Gasteiger partial charge in [-0.15, -0.1) is 5.10 Å². The van der Waals surface area contributed by atoms with Crippen molar-refractivity contribution in [1.29, 1.82) is 0 Å². The summed E-state index contributed by atoms with van der Waals surface area (Å²) in [5.41, 5.74) is 9.82. The molecule has 0 aliphatic rings. The first-order valence-electron chi connectivity index (χ1n) is 7.32. The predicted octanol–water partition coefficient (Wildman–Crippen LogP) is 2.59. The number of hydrogen-bond donors (Lipinski definition) is 1. The molecule has 0 aliphatic heterocycles. The van der Waals surface area contributed by atoms with E-state index >= 15 is 0 Å². The Morgan fingerprint density at radius 3 is 2.71 bits per heavy atom. The Morgan fingerprint density at radius 2 is 2.05 bits per heavy atom. The van der Waals surface area contributed by atoms with Crippen molar-refractivity contribution in [1.82, 2.24) is 15.0 Å². The number of aryl methyl sites for hydroxylation is 2. The SMILES string of the molecule is Cc1ccc(C)c(OCc2c(CN)nnn2CC(C)C)c1. The number of nitrogens with two attached hydrogens (primary N) is 1. The Balaban J connectivity index is 2.18. The topological polar surface area (TPSA) is 66.0 Å². The molecule has 5 heteroatoms. The normalized spacial score (nSPS) is 11.1. The maximum Gasteiger partial charge on any atom is 0.132 e. The highest BCUT2D eigenvalue weighted by atomic mass is 16.5. The van der Waals surface area contributed by atoms with Crippen LogP contribution in [0.5, 0.6) is 5.75 Å². The van der Waals surface area contributed by atoms with Crippen LogP contribution >= 0.6 is 0 Å². The van der Waals surface area contributed by atoms with Gasteiger partial charge in [0.05, 0.1) is 0 Å². The molecule has 1 aromatic carbocycles. The molecule has 2 rings (SSSR count). The first-order valence-corrected chi connectivity index (χ1v) is 7.32. The lowest BCUT2D eigenvalue weighted by Crippen LogP contribution is -2.14. The van der Waals surface area contributed by atoms with E-state index in [1.54, 1.807) is 0 Å².